The minimum atomic E-state index is -0.431. The molecule has 0 aliphatic carbocycles. The standard InChI is InChI=1S/C14H18ClNO4/c1-8(16-9(2)17)5-11-6-14(19-4)12(15)7-13(11)20-10(3)18/h6-8H,5H2,1-4H3,(H,16,17). The van der Waals surface area contributed by atoms with E-state index in [1.54, 1.807) is 6.07 Å². The molecule has 0 heterocycles. The van der Waals surface area contributed by atoms with E-state index < -0.39 is 5.97 Å². The molecule has 20 heavy (non-hydrogen) atoms. The van der Waals surface area contributed by atoms with Gasteiger partial charge in [0, 0.05) is 31.5 Å². The molecule has 0 radical (unpaired) electrons. The van der Waals surface area contributed by atoms with Crippen LogP contribution in [-0.2, 0) is 16.0 Å². The first-order chi connectivity index (χ1) is 9.33. The van der Waals surface area contributed by atoms with E-state index in [0.717, 1.165) is 5.56 Å². The van der Waals surface area contributed by atoms with Crippen LogP contribution in [0.1, 0.15) is 26.3 Å². The molecule has 6 heteroatoms. The summed E-state index contributed by atoms with van der Waals surface area (Å²) in [5.74, 6) is 0.320. The number of carbonyl (C=O) groups is 2. The summed E-state index contributed by atoms with van der Waals surface area (Å²) in [5, 5.41) is 3.13. The van der Waals surface area contributed by atoms with E-state index in [2.05, 4.69) is 5.32 Å². The van der Waals surface area contributed by atoms with Crippen LogP contribution >= 0.6 is 11.6 Å². The van der Waals surface area contributed by atoms with E-state index in [4.69, 9.17) is 21.1 Å². The summed E-state index contributed by atoms with van der Waals surface area (Å²) < 4.78 is 10.3. The molecule has 0 fully saturated rings. The molecule has 5 nitrogen and oxygen atoms in total. The molecule has 1 amide bonds. The second-order valence-corrected chi connectivity index (χ2v) is 4.90. The van der Waals surface area contributed by atoms with Crippen molar-refractivity contribution >= 4 is 23.5 Å². The van der Waals surface area contributed by atoms with Gasteiger partial charge >= 0.3 is 5.97 Å². The van der Waals surface area contributed by atoms with E-state index in [1.807, 2.05) is 6.92 Å². The highest BCUT2D eigenvalue weighted by molar-refractivity contribution is 6.32. The Morgan fingerprint density at radius 2 is 1.95 bits per heavy atom. The van der Waals surface area contributed by atoms with Crippen molar-refractivity contribution in [2.45, 2.75) is 33.2 Å². The lowest BCUT2D eigenvalue weighted by atomic mass is 10.1. The number of benzene rings is 1. The van der Waals surface area contributed by atoms with Crippen LogP contribution in [0.25, 0.3) is 0 Å². The van der Waals surface area contributed by atoms with E-state index in [0.29, 0.717) is 22.9 Å². The zero-order valence-corrected chi connectivity index (χ0v) is 12.7. The topological polar surface area (TPSA) is 64.6 Å². The Bertz CT molecular complexity index is 516. The van der Waals surface area contributed by atoms with Gasteiger partial charge in [-0.15, -0.1) is 0 Å². The van der Waals surface area contributed by atoms with Gasteiger partial charge in [-0.2, -0.15) is 0 Å². The molecule has 1 aromatic carbocycles. The third-order valence-electron chi connectivity index (χ3n) is 2.56. The van der Waals surface area contributed by atoms with Crippen molar-refractivity contribution < 1.29 is 19.1 Å². The summed E-state index contributed by atoms with van der Waals surface area (Å²) in [6, 6.07) is 3.14. The van der Waals surface area contributed by atoms with Crippen LogP contribution in [0.3, 0.4) is 0 Å². The van der Waals surface area contributed by atoms with Gasteiger partial charge in [-0.1, -0.05) is 11.6 Å². The lowest BCUT2D eigenvalue weighted by molar-refractivity contribution is -0.132. The average Bonchev–Trinajstić information content (AvgIpc) is 2.30. The predicted molar refractivity (Wildman–Crippen MR) is 76.3 cm³/mol. The molecule has 0 bridgehead atoms. The summed E-state index contributed by atoms with van der Waals surface area (Å²) in [7, 11) is 1.51. The molecule has 0 aliphatic heterocycles. The van der Waals surface area contributed by atoms with Crippen LogP contribution in [0, 0.1) is 0 Å². The summed E-state index contributed by atoms with van der Waals surface area (Å²) in [6.07, 6.45) is 0.496. The summed E-state index contributed by atoms with van der Waals surface area (Å²) in [5.41, 5.74) is 0.739. The molecule has 110 valence electrons. The van der Waals surface area contributed by atoms with Crippen LogP contribution in [-0.4, -0.2) is 25.0 Å². The number of hydrogen-bond donors (Lipinski definition) is 1. The van der Waals surface area contributed by atoms with Crippen LogP contribution in [0.15, 0.2) is 12.1 Å². The van der Waals surface area contributed by atoms with Gasteiger partial charge in [0.1, 0.15) is 11.5 Å². The first-order valence-corrected chi connectivity index (χ1v) is 6.53. The van der Waals surface area contributed by atoms with Crippen molar-refractivity contribution in [3.8, 4) is 11.5 Å². The first-order valence-electron chi connectivity index (χ1n) is 6.15. The molecule has 0 saturated carbocycles. The molecule has 1 unspecified atom stereocenters. The fourth-order valence-corrected chi connectivity index (χ4v) is 2.10. The zero-order valence-electron chi connectivity index (χ0n) is 12.0. The summed E-state index contributed by atoms with van der Waals surface area (Å²) >= 11 is 6.02. The fourth-order valence-electron chi connectivity index (χ4n) is 1.87. The van der Waals surface area contributed by atoms with Gasteiger partial charge in [0.05, 0.1) is 12.1 Å². The monoisotopic (exact) mass is 299 g/mol. The predicted octanol–water partition coefficient (Wildman–Crippen LogP) is 2.34. The van der Waals surface area contributed by atoms with Crippen LogP contribution in [0.4, 0.5) is 0 Å². The molecule has 0 spiro atoms. The zero-order chi connectivity index (χ0) is 15.3. The van der Waals surface area contributed by atoms with Crippen molar-refractivity contribution in [1.82, 2.24) is 5.32 Å². The lowest BCUT2D eigenvalue weighted by Gasteiger charge is -2.16. The molecule has 1 rings (SSSR count). The summed E-state index contributed by atoms with van der Waals surface area (Å²) in [4.78, 5) is 22.2. The number of carbonyl (C=O) groups excluding carboxylic acids is 2. The van der Waals surface area contributed by atoms with Crippen molar-refractivity contribution in [3.05, 3.63) is 22.7 Å². The lowest BCUT2D eigenvalue weighted by Crippen LogP contribution is -2.32. The van der Waals surface area contributed by atoms with Crippen LogP contribution in [0.5, 0.6) is 11.5 Å². The number of esters is 1. The van der Waals surface area contributed by atoms with Crippen LogP contribution < -0.4 is 14.8 Å². The maximum absolute atomic E-state index is 11.1. The summed E-state index contributed by atoms with van der Waals surface area (Å²) in [6.45, 7) is 4.63. The van der Waals surface area contributed by atoms with Crippen molar-refractivity contribution in [3.63, 3.8) is 0 Å². The smallest absolute Gasteiger partial charge is 0.308 e. The minimum absolute atomic E-state index is 0.104. The molecule has 0 aromatic heterocycles. The Kier molecular flexibility index (Phi) is 5.82. The quantitative estimate of drug-likeness (QED) is 0.669. The van der Waals surface area contributed by atoms with Gasteiger partial charge in [0.2, 0.25) is 5.91 Å². The Morgan fingerprint density at radius 1 is 1.30 bits per heavy atom. The number of hydrogen-bond acceptors (Lipinski definition) is 4. The normalized spacial score (nSPS) is 11.7. The highest BCUT2D eigenvalue weighted by Gasteiger charge is 2.15. The highest BCUT2D eigenvalue weighted by Crippen LogP contribution is 2.33. The number of amides is 1. The van der Waals surface area contributed by atoms with Crippen molar-refractivity contribution in [2.75, 3.05) is 7.11 Å². The van der Waals surface area contributed by atoms with Gasteiger partial charge < -0.3 is 14.8 Å². The van der Waals surface area contributed by atoms with Gasteiger partial charge in [-0.3, -0.25) is 9.59 Å². The maximum atomic E-state index is 11.1. The number of methoxy groups -OCH3 is 1. The van der Waals surface area contributed by atoms with E-state index >= 15 is 0 Å². The number of rotatable bonds is 5. The van der Waals surface area contributed by atoms with Gasteiger partial charge in [0.25, 0.3) is 0 Å². The van der Waals surface area contributed by atoms with Gasteiger partial charge in [-0.25, -0.2) is 0 Å². The third kappa shape index (κ3) is 4.74. The average molecular weight is 300 g/mol. The molecule has 1 atom stereocenters. The molecule has 0 aliphatic rings. The first kappa shape index (κ1) is 16.3. The maximum Gasteiger partial charge on any atom is 0.308 e. The second kappa shape index (κ2) is 7.14. The third-order valence-corrected chi connectivity index (χ3v) is 2.86. The second-order valence-electron chi connectivity index (χ2n) is 4.49. The number of halogens is 1. The van der Waals surface area contributed by atoms with Crippen molar-refractivity contribution in [2.24, 2.45) is 0 Å². The highest BCUT2D eigenvalue weighted by atomic mass is 35.5. The Hall–Kier alpha value is -1.75. The van der Waals surface area contributed by atoms with E-state index in [9.17, 15) is 9.59 Å². The molecule has 1 N–H and O–H groups in total. The molecular formula is C14H18ClNO4. The Balaban J connectivity index is 3.06. The van der Waals surface area contributed by atoms with E-state index in [-0.39, 0.29) is 11.9 Å². The molecule has 1 aromatic rings. The largest absolute Gasteiger partial charge is 0.495 e. The van der Waals surface area contributed by atoms with Crippen molar-refractivity contribution in [1.29, 1.82) is 0 Å². The van der Waals surface area contributed by atoms with Crippen LogP contribution in [0.2, 0.25) is 5.02 Å². The van der Waals surface area contributed by atoms with E-state index in [1.165, 1.54) is 27.0 Å². The SMILES string of the molecule is COc1cc(CC(C)NC(C)=O)c(OC(C)=O)cc1Cl. The number of ether oxygens (including phenoxy) is 2. The minimum Gasteiger partial charge on any atom is -0.495 e. The Morgan fingerprint density at radius 3 is 2.45 bits per heavy atom. The molecule has 0 saturated heterocycles. The van der Waals surface area contributed by atoms with Gasteiger partial charge in [0.15, 0.2) is 0 Å². The number of nitrogens with one attached hydrogen (secondary N) is 1. The van der Waals surface area contributed by atoms with Gasteiger partial charge in [-0.05, 0) is 19.4 Å². The fraction of sp³-hybridized carbons (Fsp3) is 0.429. The Labute approximate surface area is 123 Å². The molecular weight excluding hydrogens is 282 g/mol.